The molecule has 1 amide bonds. The van der Waals surface area contributed by atoms with E-state index in [1.54, 1.807) is 6.07 Å². The summed E-state index contributed by atoms with van der Waals surface area (Å²) >= 11 is 0. The van der Waals surface area contributed by atoms with Crippen LogP contribution < -0.4 is 15.4 Å². The first kappa shape index (κ1) is 20.3. The lowest BCUT2D eigenvalue weighted by atomic mass is 10.1. The Morgan fingerprint density at radius 1 is 1.03 bits per heavy atom. The first-order valence-corrected chi connectivity index (χ1v) is 9.63. The lowest BCUT2D eigenvalue weighted by molar-refractivity contribution is 0.0945. The monoisotopic (exact) mass is 390 g/mol. The summed E-state index contributed by atoms with van der Waals surface area (Å²) in [7, 11) is 0. The average molecular weight is 390 g/mol. The number of ether oxygens (including phenoxy) is 1. The summed E-state index contributed by atoms with van der Waals surface area (Å²) in [6.07, 6.45) is 0.0411. The third-order valence-corrected chi connectivity index (χ3v) is 4.12. The van der Waals surface area contributed by atoms with Gasteiger partial charge in [-0.3, -0.25) is 4.79 Å². The SMILES string of the molecule is Cc1cccc(CNC(=O)c2cc(C)nc(Nc3ccccc3OC(C)C)n2)c1. The fourth-order valence-electron chi connectivity index (χ4n) is 2.88. The minimum atomic E-state index is -0.244. The van der Waals surface area contributed by atoms with E-state index in [1.807, 2.05) is 76.2 Å². The zero-order valence-electron chi connectivity index (χ0n) is 17.2. The van der Waals surface area contributed by atoms with Crippen LogP contribution in [0.25, 0.3) is 0 Å². The summed E-state index contributed by atoms with van der Waals surface area (Å²) in [6, 6.07) is 17.3. The Morgan fingerprint density at radius 3 is 2.59 bits per heavy atom. The molecular formula is C23H26N4O2. The van der Waals surface area contributed by atoms with Gasteiger partial charge in [-0.25, -0.2) is 9.97 Å². The molecule has 2 N–H and O–H groups in total. The van der Waals surface area contributed by atoms with E-state index < -0.39 is 0 Å². The van der Waals surface area contributed by atoms with E-state index in [2.05, 4.69) is 20.6 Å². The number of hydrogen-bond donors (Lipinski definition) is 2. The van der Waals surface area contributed by atoms with Gasteiger partial charge in [-0.05, 0) is 51.5 Å². The molecule has 0 aliphatic rings. The van der Waals surface area contributed by atoms with Crippen molar-refractivity contribution >= 4 is 17.5 Å². The molecule has 0 saturated heterocycles. The normalized spacial score (nSPS) is 10.7. The number of amides is 1. The molecule has 29 heavy (non-hydrogen) atoms. The maximum atomic E-state index is 12.6. The zero-order chi connectivity index (χ0) is 20.8. The Bertz CT molecular complexity index is 1000. The minimum absolute atomic E-state index is 0.0411. The summed E-state index contributed by atoms with van der Waals surface area (Å²) in [6.45, 7) is 8.24. The van der Waals surface area contributed by atoms with Gasteiger partial charge >= 0.3 is 0 Å². The summed E-state index contributed by atoms with van der Waals surface area (Å²) < 4.78 is 5.83. The Hall–Kier alpha value is -3.41. The summed E-state index contributed by atoms with van der Waals surface area (Å²) in [5.41, 5.74) is 3.96. The predicted molar refractivity (Wildman–Crippen MR) is 115 cm³/mol. The molecule has 0 saturated carbocycles. The van der Waals surface area contributed by atoms with Crippen molar-refractivity contribution in [2.45, 2.75) is 40.3 Å². The molecule has 3 rings (SSSR count). The number of benzene rings is 2. The first-order chi connectivity index (χ1) is 13.9. The molecule has 3 aromatic rings. The van der Waals surface area contributed by atoms with Crippen LogP contribution in [0.3, 0.4) is 0 Å². The fraction of sp³-hybridized carbons (Fsp3) is 0.261. The molecule has 0 spiro atoms. The highest BCUT2D eigenvalue weighted by Crippen LogP contribution is 2.27. The number of carbonyl (C=O) groups is 1. The summed E-state index contributed by atoms with van der Waals surface area (Å²) in [4.78, 5) is 21.4. The number of nitrogens with zero attached hydrogens (tertiary/aromatic N) is 2. The molecule has 0 radical (unpaired) electrons. The van der Waals surface area contributed by atoms with E-state index in [9.17, 15) is 4.79 Å². The number of aryl methyl sites for hydroxylation is 2. The van der Waals surface area contributed by atoms with Crippen LogP contribution in [0.4, 0.5) is 11.6 Å². The molecule has 0 bridgehead atoms. The topological polar surface area (TPSA) is 76.1 Å². The van der Waals surface area contributed by atoms with Crippen molar-refractivity contribution in [2.75, 3.05) is 5.32 Å². The number of rotatable bonds is 7. The smallest absolute Gasteiger partial charge is 0.270 e. The van der Waals surface area contributed by atoms with E-state index in [-0.39, 0.29) is 12.0 Å². The van der Waals surface area contributed by atoms with Crippen LogP contribution in [-0.4, -0.2) is 22.0 Å². The molecular weight excluding hydrogens is 364 g/mol. The van der Waals surface area contributed by atoms with Gasteiger partial charge in [0.2, 0.25) is 5.95 Å². The highest BCUT2D eigenvalue weighted by atomic mass is 16.5. The molecule has 0 aliphatic carbocycles. The Balaban J connectivity index is 1.75. The van der Waals surface area contributed by atoms with Crippen molar-refractivity contribution in [1.82, 2.24) is 15.3 Å². The van der Waals surface area contributed by atoms with Gasteiger partial charge in [0.25, 0.3) is 5.91 Å². The second kappa shape index (κ2) is 9.19. The van der Waals surface area contributed by atoms with Gasteiger partial charge in [0, 0.05) is 12.2 Å². The number of carbonyl (C=O) groups excluding carboxylic acids is 1. The summed E-state index contributed by atoms with van der Waals surface area (Å²) in [5, 5.41) is 6.08. The van der Waals surface area contributed by atoms with Crippen LogP contribution in [0.1, 0.15) is 41.2 Å². The second-order valence-electron chi connectivity index (χ2n) is 7.18. The molecule has 0 aliphatic heterocycles. The van der Waals surface area contributed by atoms with Gasteiger partial charge in [-0.2, -0.15) is 0 Å². The third-order valence-electron chi connectivity index (χ3n) is 4.12. The quantitative estimate of drug-likeness (QED) is 0.619. The van der Waals surface area contributed by atoms with Crippen LogP contribution in [-0.2, 0) is 6.54 Å². The molecule has 0 fully saturated rings. The second-order valence-corrected chi connectivity index (χ2v) is 7.18. The zero-order valence-corrected chi connectivity index (χ0v) is 17.2. The van der Waals surface area contributed by atoms with Gasteiger partial charge in [0.15, 0.2) is 0 Å². The van der Waals surface area contributed by atoms with Gasteiger partial charge in [-0.1, -0.05) is 42.0 Å². The fourth-order valence-corrected chi connectivity index (χ4v) is 2.88. The maximum Gasteiger partial charge on any atom is 0.270 e. The van der Waals surface area contributed by atoms with Crippen LogP contribution in [0.5, 0.6) is 5.75 Å². The van der Waals surface area contributed by atoms with E-state index in [0.717, 1.165) is 16.8 Å². The molecule has 150 valence electrons. The molecule has 1 aromatic heterocycles. The standard InChI is InChI=1S/C23H26N4O2/c1-15(2)29-21-11-6-5-10-19(21)26-23-25-17(4)13-20(27-23)22(28)24-14-18-9-7-8-16(3)12-18/h5-13,15H,14H2,1-4H3,(H,24,28)(H,25,26,27). The van der Waals surface area contributed by atoms with E-state index in [4.69, 9.17) is 4.74 Å². The first-order valence-electron chi connectivity index (χ1n) is 9.63. The van der Waals surface area contributed by atoms with E-state index >= 15 is 0 Å². The van der Waals surface area contributed by atoms with Crippen molar-refractivity contribution in [2.24, 2.45) is 0 Å². The highest BCUT2D eigenvalue weighted by molar-refractivity contribution is 5.92. The average Bonchev–Trinajstić information content (AvgIpc) is 2.67. The van der Waals surface area contributed by atoms with E-state index in [1.165, 1.54) is 0 Å². The molecule has 6 heteroatoms. The van der Waals surface area contributed by atoms with E-state index in [0.29, 0.717) is 29.6 Å². The number of nitrogens with one attached hydrogen (secondary N) is 2. The van der Waals surface area contributed by atoms with Gasteiger partial charge in [0.05, 0.1) is 11.8 Å². The van der Waals surface area contributed by atoms with Crippen molar-refractivity contribution in [3.8, 4) is 5.75 Å². The van der Waals surface area contributed by atoms with Crippen molar-refractivity contribution in [1.29, 1.82) is 0 Å². The lowest BCUT2D eigenvalue weighted by Crippen LogP contribution is -2.24. The Kier molecular flexibility index (Phi) is 6.44. The molecule has 0 atom stereocenters. The molecule has 6 nitrogen and oxygen atoms in total. The molecule has 2 aromatic carbocycles. The Morgan fingerprint density at radius 2 is 1.83 bits per heavy atom. The molecule has 1 heterocycles. The van der Waals surface area contributed by atoms with Crippen LogP contribution in [0.2, 0.25) is 0 Å². The number of anilines is 2. The molecule has 0 unspecified atom stereocenters. The van der Waals surface area contributed by atoms with Crippen molar-refractivity contribution in [3.63, 3.8) is 0 Å². The number of aromatic nitrogens is 2. The third kappa shape index (κ3) is 5.78. The maximum absolute atomic E-state index is 12.6. The predicted octanol–water partition coefficient (Wildman–Crippen LogP) is 4.55. The largest absolute Gasteiger partial charge is 0.489 e. The van der Waals surface area contributed by atoms with Gasteiger partial charge in [-0.15, -0.1) is 0 Å². The minimum Gasteiger partial charge on any atom is -0.489 e. The number of para-hydroxylation sites is 2. The lowest BCUT2D eigenvalue weighted by Gasteiger charge is -2.15. The number of hydrogen-bond acceptors (Lipinski definition) is 5. The van der Waals surface area contributed by atoms with Crippen LogP contribution in [0.15, 0.2) is 54.6 Å². The highest BCUT2D eigenvalue weighted by Gasteiger charge is 2.12. The van der Waals surface area contributed by atoms with Gasteiger partial charge in [0.1, 0.15) is 11.4 Å². The van der Waals surface area contributed by atoms with Gasteiger partial charge < -0.3 is 15.4 Å². The Labute approximate surface area is 171 Å². The van der Waals surface area contributed by atoms with Crippen molar-refractivity contribution < 1.29 is 9.53 Å². The van der Waals surface area contributed by atoms with Crippen LogP contribution in [0, 0.1) is 13.8 Å². The van der Waals surface area contributed by atoms with Crippen molar-refractivity contribution in [3.05, 3.63) is 77.1 Å². The van der Waals surface area contributed by atoms with Crippen LogP contribution >= 0.6 is 0 Å². The summed E-state index contributed by atoms with van der Waals surface area (Å²) in [5.74, 6) is 0.815.